The van der Waals surface area contributed by atoms with E-state index in [1.807, 2.05) is 0 Å². The summed E-state index contributed by atoms with van der Waals surface area (Å²) in [5.41, 5.74) is 0.699. The van der Waals surface area contributed by atoms with Crippen LogP contribution in [0.3, 0.4) is 0 Å². The molecule has 1 rings (SSSR count). The van der Waals surface area contributed by atoms with Crippen molar-refractivity contribution in [2.24, 2.45) is 0 Å². The Hall–Kier alpha value is -1.49. The third-order valence-corrected chi connectivity index (χ3v) is 2.47. The van der Waals surface area contributed by atoms with Crippen molar-refractivity contribution in [1.29, 1.82) is 0 Å². The van der Waals surface area contributed by atoms with Crippen LogP contribution in [0, 0.1) is 11.6 Å². The van der Waals surface area contributed by atoms with Gasteiger partial charge in [-0.05, 0) is 38.1 Å². The van der Waals surface area contributed by atoms with E-state index in [-0.39, 0.29) is 12.5 Å². The molecule has 0 aliphatic rings. The number of esters is 1. The largest absolute Gasteiger partial charge is 0.465 e. The Morgan fingerprint density at radius 2 is 2.06 bits per heavy atom. The summed E-state index contributed by atoms with van der Waals surface area (Å²) in [6, 6.07) is 3.82. The lowest BCUT2D eigenvalue weighted by Gasteiger charge is -2.15. The molecule has 0 atom stereocenters. The van der Waals surface area contributed by atoms with Crippen molar-refractivity contribution in [2.75, 3.05) is 26.7 Å². The van der Waals surface area contributed by atoms with Gasteiger partial charge in [0.25, 0.3) is 0 Å². The predicted octanol–water partition coefficient (Wildman–Crippen LogP) is 2.00. The number of ether oxygens (including phenoxy) is 1. The number of hydrogen-bond donors (Lipinski definition) is 0. The maximum Gasteiger partial charge on any atom is 0.320 e. The molecule has 0 bridgehead atoms. The molecule has 0 fully saturated rings. The Morgan fingerprint density at radius 3 is 2.67 bits per heavy atom. The summed E-state index contributed by atoms with van der Waals surface area (Å²) in [7, 11) is 1.77. The van der Waals surface area contributed by atoms with Gasteiger partial charge in [0.05, 0.1) is 13.2 Å². The summed E-state index contributed by atoms with van der Waals surface area (Å²) >= 11 is 0. The molecule has 0 spiro atoms. The van der Waals surface area contributed by atoms with Crippen molar-refractivity contribution < 1.29 is 18.3 Å². The first-order valence-corrected chi connectivity index (χ1v) is 5.81. The molecule has 0 aliphatic heterocycles. The fraction of sp³-hybridized carbons (Fsp3) is 0.462. The average molecular weight is 257 g/mol. The van der Waals surface area contributed by atoms with Gasteiger partial charge in [-0.3, -0.25) is 9.69 Å². The summed E-state index contributed by atoms with van der Waals surface area (Å²) in [5, 5.41) is 0. The molecule has 100 valence electrons. The molecule has 0 heterocycles. The van der Waals surface area contributed by atoms with Crippen LogP contribution in [-0.4, -0.2) is 37.6 Å². The molecule has 3 nitrogen and oxygen atoms in total. The van der Waals surface area contributed by atoms with Gasteiger partial charge in [-0.25, -0.2) is 8.78 Å². The number of carbonyl (C=O) groups is 1. The lowest BCUT2D eigenvalue weighted by molar-refractivity contribution is -0.144. The van der Waals surface area contributed by atoms with Crippen molar-refractivity contribution in [3.05, 3.63) is 35.4 Å². The standard InChI is InChI=1S/C13H17F2NO2/c1-3-18-13(17)9-16(2)7-6-10-4-5-11(14)12(15)8-10/h4-5,8H,3,6-7,9H2,1-2H3. The zero-order valence-electron chi connectivity index (χ0n) is 10.6. The highest BCUT2D eigenvalue weighted by atomic mass is 19.2. The number of likely N-dealkylation sites (N-methyl/N-ethyl adjacent to an activating group) is 1. The third kappa shape index (κ3) is 4.79. The maximum atomic E-state index is 13.0. The molecule has 0 aliphatic carbocycles. The molecule has 1 aromatic carbocycles. The van der Waals surface area contributed by atoms with Crippen LogP contribution in [0.2, 0.25) is 0 Å². The predicted molar refractivity (Wildman–Crippen MR) is 64.2 cm³/mol. The number of hydrogen-bond acceptors (Lipinski definition) is 3. The second kappa shape index (κ2) is 7.06. The highest BCUT2D eigenvalue weighted by Crippen LogP contribution is 2.09. The molecule has 0 saturated carbocycles. The first-order chi connectivity index (χ1) is 8.52. The summed E-state index contributed by atoms with van der Waals surface area (Å²) in [5.74, 6) is -1.98. The van der Waals surface area contributed by atoms with Gasteiger partial charge < -0.3 is 4.74 Å². The van der Waals surface area contributed by atoms with E-state index < -0.39 is 11.6 Å². The van der Waals surface area contributed by atoms with Gasteiger partial charge >= 0.3 is 5.97 Å². The number of carbonyl (C=O) groups excluding carboxylic acids is 1. The van der Waals surface area contributed by atoms with E-state index in [4.69, 9.17) is 4.74 Å². The SMILES string of the molecule is CCOC(=O)CN(C)CCc1ccc(F)c(F)c1. The van der Waals surface area contributed by atoms with Gasteiger partial charge in [0.1, 0.15) is 0 Å². The zero-order valence-corrected chi connectivity index (χ0v) is 10.6. The van der Waals surface area contributed by atoms with E-state index >= 15 is 0 Å². The first kappa shape index (κ1) is 14.6. The zero-order chi connectivity index (χ0) is 13.5. The van der Waals surface area contributed by atoms with Crippen LogP contribution in [0.4, 0.5) is 8.78 Å². The summed E-state index contributed by atoms with van der Waals surface area (Å²) in [6.45, 7) is 2.87. The minimum Gasteiger partial charge on any atom is -0.465 e. The maximum absolute atomic E-state index is 13.0. The van der Waals surface area contributed by atoms with E-state index in [0.717, 1.165) is 6.07 Å². The molecule has 0 unspecified atom stereocenters. The normalized spacial score (nSPS) is 10.7. The van der Waals surface area contributed by atoms with Gasteiger partial charge in [-0.2, -0.15) is 0 Å². The van der Waals surface area contributed by atoms with Gasteiger partial charge in [-0.15, -0.1) is 0 Å². The minimum absolute atomic E-state index is 0.192. The Balaban J connectivity index is 2.40. The molecule has 0 radical (unpaired) electrons. The number of halogens is 2. The van der Waals surface area contributed by atoms with E-state index in [9.17, 15) is 13.6 Å². The van der Waals surface area contributed by atoms with Crippen molar-refractivity contribution in [3.63, 3.8) is 0 Å². The van der Waals surface area contributed by atoms with Crippen LogP contribution >= 0.6 is 0 Å². The van der Waals surface area contributed by atoms with E-state index in [1.54, 1.807) is 18.9 Å². The average Bonchev–Trinajstić information content (AvgIpc) is 2.31. The molecule has 0 aromatic heterocycles. The van der Waals surface area contributed by atoms with Crippen molar-refractivity contribution in [3.8, 4) is 0 Å². The van der Waals surface area contributed by atoms with Crippen LogP contribution in [0.5, 0.6) is 0 Å². The monoisotopic (exact) mass is 257 g/mol. The Morgan fingerprint density at radius 1 is 1.33 bits per heavy atom. The number of benzene rings is 1. The van der Waals surface area contributed by atoms with Crippen LogP contribution in [0.1, 0.15) is 12.5 Å². The Labute approximate surface area is 105 Å². The van der Waals surface area contributed by atoms with Crippen LogP contribution < -0.4 is 0 Å². The summed E-state index contributed by atoms with van der Waals surface area (Å²) in [4.78, 5) is 13.0. The van der Waals surface area contributed by atoms with Gasteiger partial charge in [0.2, 0.25) is 0 Å². The molecular weight excluding hydrogens is 240 g/mol. The van der Waals surface area contributed by atoms with Crippen molar-refractivity contribution in [2.45, 2.75) is 13.3 Å². The molecule has 0 saturated heterocycles. The number of nitrogens with zero attached hydrogens (tertiary/aromatic N) is 1. The quantitative estimate of drug-likeness (QED) is 0.730. The topological polar surface area (TPSA) is 29.5 Å². The van der Waals surface area contributed by atoms with Crippen LogP contribution in [0.15, 0.2) is 18.2 Å². The molecule has 18 heavy (non-hydrogen) atoms. The van der Waals surface area contributed by atoms with Gasteiger partial charge in [0.15, 0.2) is 11.6 Å². The highest BCUT2D eigenvalue weighted by Gasteiger charge is 2.08. The van der Waals surface area contributed by atoms with E-state index in [0.29, 0.717) is 25.1 Å². The van der Waals surface area contributed by atoms with Gasteiger partial charge in [0, 0.05) is 6.54 Å². The lowest BCUT2D eigenvalue weighted by Crippen LogP contribution is -2.29. The van der Waals surface area contributed by atoms with E-state index in [2.05, 4.69) is 0 Å². The molecule has 1 aromatic rings. The Bertz CT molecular complexity index is 410. The molecule has 5 heteroatoms. The lowest BCUT2D eigenvalue weighted by atomic mass is 10.1. The summed E-state index contributed by atoms with van der Waals surface area (Å²) < 4.78 is 30.5. The van der Waals surface area contributed by atoms with Crippen molar-refractivity contribution >= 4 is 5.97 Å². The van der Waals surface area contributed by atoms with Crippen LogP contribution in [0.25, 0.3) is 0 Å². The first-order valence-electron chi connectivity index (χ1n) is 5.81. The molecule has 0 amide bonds. The second-order valence-electron chi connectivity index (χ2n) is 4.04. The highest BCUT2D eigenvalue weighted by molar-refractivity contribution is 5.71. The fourth-order valence-corrected chi connectivity index (χ4v) is 1.52. The third-order valence-electron chi connectivity index (χ3n) is 2.47. The second-order valence-corrected chi connectivity index (χ2v) is 4.04. The smallest absolute Gasteiger partial charge is 0.320 e. The summed E-state index contributed by atoms with van der Waals surface area (Å²) in [6.07, 6.45) is 0.549. The van der Waals surface area contributed by atoms with Crippen LogP contribution in [-0.2, 0) is 16.0 Å². The molecular formula is C13H17F2NO2. The Kier molecular flexibility index (Phi) is 5.71. The van der Waals surface area contributed by atoms with E-state index in [1.165, 1.54) is 12.1 Å². The fourth-order valence-electron chi connectivity index (χ4n) is 1.52. The molecule has 0 N–H and O–H groups in total. The number of rotatable bonds is 6. The van der Waals surface area contributed by atoms with Crippen molar-refractivity contribution in [1.82, 2.24) is 4.90 Å². The minimum atomic E-state index is -0.848. The van der Waals surface area contributed by atoms with Gasteiger partial charge in [-0.1, -0.05) is 6.07 Å².